The second kappa shape index (κ2) is 6.24. The fourth-order valence-corrected chi connectivity index (χ4v) is 0.940. The van der Waals surface area contributed by atoms with Gasteiger partial charge in [0.15, 0.2) is 0 Å². The molecule has 0 aromatic heterocycles. The summed E-state index contributed by atoms with van der Waals surface area (Å²) in [6.07, 6.45) is 9.42. The first-order valence-corrected chi connectivity index (χ1v) is 4.37. The van der Waals surface area contributed by atoms with Crippen LogP contribution in [0.15, 0.2) is 0 Å². The normalized spacial score (nSPS) is 13.0. The highest BCUT2D eigenvalue weighted by Crippen LogP contribution is 2.08. The molecule has 0 heterocycles. The molecule has 0 saturated carbocycles. The lowest BCUT2D eigenvalue weighted by Gasteiger charge is -2.14. The van der Waals surface area contributed by atoms with E-state index >= 15 is 0 Å². The Balaban J connectivity index is 3.19. The van der Waals surface area contributed by atoms with Gasteiger partial charge in [-0.15, -0.1) is 12.3 Å². The van der Waals surface area contributed by atoms with Crippen molar-refractivity contribution in [1.29, 1.82) is 0 Å². The molecular weight excluding hydrogens is 134 g/mol. The molecule has 0 bridgehead atoms. The predicted octanol–water partition coefficient (Wildman–Crippen LogP) is 2.16. The van der Waals surface area contributed by atoms with Gasteiger partial charge in [-0.05, 0) is 18.8 Å². The van der Waals surface area contributed by atoms with Crippen LogP contribution in [0.4, 0.5) is 0 Å². The molecule has 0 saturated heterocycles. The van der Waals surface area contributed by atoms with Crippen molar-refractivity contribution in [3.8, 4) is 12.3 Å². The second-order valence-electron chi connectivity index (χ2n) is 3.36. The summed E-state index contributed by atoms with van der Waals surface area (Å²) < 4.78 is 0. The van der Waals surface area contributed by atoms with Gasteiger partial charge < -0.3 is 5.73 Å². The predicted molar refractivity (Wildman–Crippen MR) is 50.1 cm³/mol. The maximum Gasteiger partial charge on any atom is 0.00860 e. The van der Waals surface area contributed by atoms with E-state index in [0.29, 0.717) is 12.0 Å². The molecule has 2 N–H and O–H groups in total. The molecule has 1 nitrogen and oxygen atoms in total. The number of terminal acetylenes is 1. The topological polar surface area (TPSA) is 26.0 Å². The number of hydrogen-bond acceptors (Lipinski definition) is 1. The molecule has 0 aromatic rings. The zero-order valence-electron chi connectivity index (χ0n) is 7.64. The van der Waals surface area contributed by atoms with Crippen LogP contribution in [0.2, 0.25) is 0 Å². The first kappa shape index (κ1) is 10.5. The van der Waals surface area contributed by atoms with Crippen molar-refractivity contribution in [2.24, 2.45) is 11.7 Å². The van der Waals surface area contributed by atoms with Crippen LogP contribution in [0.3, 0.4) is 0 Å². The second-order valence-corrected chi connectivity index (χ2v) is 3.36. The van der Waals surface area contributed by atoms with E-state index in [0.717, 1.165) is 19.3 Å². The highest BCUT2D eigenvalue weighted by atomic mass is 14.6. The van der Waals surface area contributed by atoms with E-state index in [2.05, 4.69) is 19.8 Å². The van der Waals surface area contributed by atoms with Crippen LogP contribution < -0.4 is 5.73 Å². The molecule has 0 aliphatic heterocycles. The fraction of sp³-hybridized carbons (Fsp3) is 0.800. The molecule has 0 aliphatic rings. The molecule has 1 atom stereocenters. The largest absolute Gasteiger partial charge is 0.327 e. The van der Waals surface area contributed by atoms with Crippen LogP contribution >= 0.6 is 0 Å². The average Bonchev–Trinajstić information content (AvgIpc) is 1.97. The van der Waals surface area contributed by atoms with Crippen molar-refractivity contribution in [3.63, 3.8) is 0 Å². The Morgan fingerprint density at radius 1 is 1.36 bits per heavy atom. The molecule has 64 valence electrons. The zero-order valence-corrected chi connectivity index (χ0v) is 7.64. The molecule has 1 unspecified atom stereocenters. The maximum absolute atomic E-state index is 5.85. The minimum Gasteiger partial charge on any atom is -0.327 e. The monoisotopic (exact) mass is 153 g/mol. The van der Waals surface area contributed by atoms with Gasteiger partial charge in [0.25, 0.3) is 0 Å². The van der Waals surface area contributed by atoms with Gasteiger partial charge in [-0.3, -0.25) is 0 Å². The highest BCUT2D eigenvalue weighted by molar-refractivity contribution is 4.83. The van der Waals surface area contributed by atoms with E-state index in [1.54, 1.807) is 0 Å². The molecule has 0 spiro atoms. The Kier molecular flexibility index (Phi) is 5.97. The summed E-state index contributed by atoms with van der Waals surface area (Å²) in [6, 6.07) is 0.354. The minimum absolute atomic E-state index is 0.354. The van der Waals surface area contributed by atoms with Crippen LogP contribution in [-0.4, -0.2) is 6.04 Å². The summed E-state index contributed by atoms with van der Waals surface area (Å²) in [4.78, 5) is 0. The smallest absolute Gasteiger partial charge is 0.00860 e. The average molecular weight is 153 g/mol. The third kappa shape index (κ3) is 5.94. The molecule has 0 aromatic carbocycles. The van der Waals surface area contributed by atoms with E-state index in [9.17, 15) is 0 Å². The van der Waals surface area contributed by atoms with E-state index in [4.69, 9.17) is 12.2 Å². The Hall–Kier alpha value is -0.480. The molecule has 11 heavy (non-hydrogen) atoms. The first-order valence-electron chi connectivity index (χ1n) is 4.37. The molecular formula is C10H19N. The summed E-state index contributed by atoms with van der Waals surface area (Å²) in [5, 5.41) is 0. The van der Waals surface area contributed by atoms with E-state index in [1.165, 1.54) is 6.42 Å². The summed E-state index contributed by atoms with van der Waals surface area (Å²) in [7, 11) is 0. The van der Waals surface area contributed by atoms with Crippen molar-refractivity contribution in [2.45, 2.75) is 45.6 Å². The molecule has 0 fully saturated rings. The molecule has 0 amide bonds. The van der Waals surface area contributed by atoms with Gasteiger partial charge in [0.05, 0.1) is 0 Å². The van der Waals surface area contributed by atoms with Crippen molar-refractivity contribution in [2.75, 3.05) is 0 Å². The van der Waals surface area contributed by atoms with Crippen LogP contribution in [0, 0.1) is 18.3 Å². The van der Waals surface area contributed by atoms with Gasteiger partial charge in [0.2, 0.25) is 0 Å². The third-order valence-corrected chi connectivity index (χ3v) is 1.96. The van der Waals surface area contributed by atoms with E-state index < -0.39 is 0 Å². The van der Waals surface area contributed by atoms with Crippen molar-refractivity contribution < 1.29 is 0 Å². The summed E-state index contributed by atoms with van der Waals surface area (Å²) in [6.45, 7) is 4.32. The number of unbranched alkanes of at least 4 members (excludes halogenated alkanes) is 2. The Morgan fingerprint density at radius 2 is 2.00 bits per heavy atom. The van der Waals surface area contributed by atoms with E-state index in [1.807, 2.05) is 0 Å². The molecule has 1 heteroatoms. The van der Waals surface area contributed by atoms with Gasteiger partial charge in [0, 0.05) is 12.5 Å². The van der Waals surface area contributed by atoms with Gasteiger partial charge >= 0.3 is 0 Å². The van der Waals surface area contributed by atoms with Crippen LogP contribution in [0.1, 0.15) is 39.5 Å². The number of hydrogen-bond donors (Lipinski definition) is 1. The van der Waals surface area contributed by atoms with Crippen LogP contribution in [0.5, 0.6) is 0 Å². The quantitative estimate of drug-likeness (QED) is 0.475. The lowest BCUT2D eigenvalue weighted by molar-refractivity contribution is 0.447. The van der Waals surface area contributed by atoms with Gasteiger partial charge in [-0.25, -0.2) is 0 Å². The van der Waals surface area contributed by atoms with Crippen LogP contribution in [-0.2, 0) is 0 Å². The standard InChI is InChI=1S/C10H19N/c1-4-5-6-7-8-10(11)9(2)3/h1,9-10H,5-8,11H2,2-3H3. The van der Waals surface area contributed by atoms with Crippen molar-refractivity contribution >= 4 is 0 Å². The third-order valence-electron chi connectivity index (χ3n) is 1.96. The molecule has 0 radical (unpaired) electrons. The SMILES string of the molecule is C#CCCCCC(N)C(C)C. The Morgan fingerprint density at radius 3 is 2.45 bits per heavy atom. The zero-order chi connectivity index (χ0) is 8.69. The Bertz CT molecular complexity index is 121. The van der Waals surface area contributed by atoms with E-state index in [-0.39, 0.29) is 0 Å². The molecule has 0 aliphatic carbocycles. The van der Waals surface area contributed by atoms with Gasteiger partial charge in [-0.1, -0.05) is 20.3 Å². The van der Waals surface area contributed by atoms with Crippen LogP contribution in [0.25, 0.3) is 0 Å². The van der Waals surface area contributed by atoms with Gasteiger partial charge in [0.1, 0.15) is 0 Å². The summed E-state index contributed by atoms with van der Waals surface area (Å²) in [5.41, 5.74) is 5.85. The maximum atomic E-state index is 5.85. The lowest BCUT2D eigenvalue weighted by Crippen LogP contribution is -2.25. The van der Waals surface area contributed by atoms with Gasteiger partial charge in [-0.2, -0.15) is 0 Å². The number of nitrogens with two attached hydrogens (primary N) is 1. The Labute approximate surface area is 70.4 Å². The lowest BCUT2D eigenvalue weighted by atomic mass is 9.99. The molecule has 0 rings (SSSR count). The minimum atomic E-state index is 0.354. The van der Waals surface area contributed by atoms with Crippen molar-refractivity contribution in [1.82, 2.24) is 0 Å². The fourth-order valence-electron chi connectivity index (χ4n) is 0.940. The highest BCUT2D eigenvalue weighted by Gasteiger charge is 2.05. The summed E-state index contributed by atoms with van der Waals surface area (Å²) in [5.74, 6) is 3.23. The first-order chi connectivity index (χ1) is 5.18. The van der Waals surface area contributed by atoms with Crippen molar-refractivity contribution in [3.05, 3.63) is 0 Å². The number of rotatable bonds is 5. The summed E-state index contributed by atoms with van der Waals surface area (Å²) >= 11 is 0.